The van der Waals surface area contributed by atoms with Crippen molar-refractivity contribution >= 4 is 33.6 Å². The van der Waals surface area contributed by atoms with Crippen LogP contribution in [0.3, 0.4) is 0 Å². The maximum atomic E-state index is 12.1. The Morgan fingerprint density at radius 2 is 1.86 bits per heavy atom. The normalized spacial score (nSPS) is 12.6. The van der Waals surface area contributed by atoms with E-state index in [-0.39, 0.29) is 24.3 Å². The highest BCUT2D eigenvalue weighted by Gasteiger charge is 2.24. The van der Waals surface area contributed by atoms with Crippen molar-refractivity contribution in [3.63, 3.8) is 0 Å². The number of amides is 2. The molecule has 122 valence electrons. The third-order valence-corrected chi connectivity index (χ3v) is 4.43. The quantitative estimate of drug-likeness (QED) is 0.507. The fraction of sp³-hybridized carbons (Fsp3) is 0.333. The Bertz CT molecular complexity index is 633. The van der Waals surface area contributed by atoms with Gasteiger partial charge in [0, 0.05) is 11.6 Å². The number of carbonyl (C=O) groups excluding carboxylic acids is 1. The minimum absolute atomic E-state index is 0.00241. The van der Waals surface area contributed by atoms with Crippen LogP contribution >= 0.6 is 11.6 Å². The second kappa shape index (κ2) is 7.97. The number of urea groups is 1. The van der Waals surface area contributed by atoms with Gasteiger partial charge in [-0.25, -0.2) is 13.2 Å². The molecule has 1 aromatic rings. The van der Waals surface area contributed by atoms with E-state index in [4.69, 9.17) is 22.4 Å². The molecule has 0 bridgehead atoms. The van der Waals surface area contributed by atoms with Gasteiger partial charge >= 0.3 is 12.0 Å². The lowest BCUT2D eigenvalue weighted by Gasteiger charge is -2.15. The van der Waals surface area contributed by atoms with Crippen LogP contribution < -0.4 is 15.8 Å². The fourth-order valence-corrected chi connectivity index (χ4v) is 2.97. The van der Waals surface area contributed by atoms with Crippen molar-refractivity contribution in [2.75, 3.05) is 6.54 Å². The summed E-state index contributed by atoms with van der Waals surface area (Å²) in [7, 11) is -3.98. The first kappa shape index (κ1) is 18.2. The van der Waals surface area contributed by atoms with Crippen molar-refractivity contribution in [2.24, 2.45) is 5.73 Å². The van der Waals surface area contributed by atoms with Crippen molar-refractivity contribution in [3.8, 4) is 0 Å². The van der Waals surface area contributed by atoms with Gasteiger partial charge in [0.25, 0.3) is 0 Å². The molecular weight excluding hydrogens is 334 g/mol. The number of benzene rings is 1. The number of sulfonamides is 1. The zero-order chi connectivity index (χ0) is 16.8. The number of hydrogen-bond donors (Lipinski definition) is 4. The van der Waals surface area contributed by atoms with Crippen LogP contribution in [0.15, 0.2) is 29.2 Å². The second-order valence-electron chi connectivity index (χ2n) is 4.40. The summed E-state index contributed by atoms with van der Waals surface area (Å²) in [6, 6.07) is 3.30. The molecule has 0 heterocycles. The lowest BCUT2D eigenvalue weighted by atomic mass is 10.2. The number of halogens is 1. The highest BCUT2D eigenvalue weighted by Crippen LogP contribution is 2.15. The predicted octanol–water partition coefficient (Wildman–Crippen LogP) is 0.520. The Hall–Kier alpha value is -1.84. The average molecular weight is 350 g/mol. The molecule has 22 heavy (non-hydrogen) atoms. The molecule has 0 aromatic heterocycles. The third kappa shape index (κ3) is 5.88. The van der Waals surface area contributed by atoms with E-state index in [1.807, 2.05) is 0 Å². The number of carboxylic acids is 1. The first-order valence-electron chi connectivity index (χ1n) is 6.26. The van der Waals surface area contributed by atoms with Gasteiger partial charge in [-0.3, -0.25) is 4.79 Å². The van der Waals surface area contributed by atoms with Crippen molar-refractivity contribution < 1.29 is 23.1 Å². The topological polar surface area (TPSA) is 139 Å². The minimum Gasteiger partial charge on any atom is -0.480 e. The molecule has 0 saturated carbocycles. The molecule has 5 N–H and O–H groups in total. The Morgan fingerprint density at radius 3 is 2.36 bits per heavy atom. The fourth-order valence-electron chi connectivity index (χ4n) is 1.62. The molecule has 1 rings (SSSR count). The first-order valence-corrected chi connectivity index (χ1v) is 8.12. The molecule has 0 radical (unpaired) electrons. The molecule has 2 amide bonds. The molecule has 0 unspecified atom stereocenters. The van der Waals surface area contributed by atoms with Crippen LogP contribution in [0.5, 0.6) is 0 Å². The van der Waals surface area contributed by atoms with E-state index in [0.717, 1.165) is 0 Å². The molecular formula is C12H16ClN3O5S. The van der Waals surface area contributed by atoms with Gasteiger partial charge in [-0.2, -0.15) is 4.72 Å². The van der Waals surface area contributed by atoms with E-state index in [9.17, 15) is 18.0 Å². The summed E-state index contributed by atoms with van der Waals surface area (Å²) < 4.78 is 26.3. The Kier molecular flexibility index (Phi) is 6.60. The zero-order valence-corrected chi connectivity index (χ0v) is 13.0. The summed E-state index contributed by atoms with van der Waals surface area (Å²) in [6.07, 6.45) is 0.255. The molecule has 0 fully saturated rings. The van der Waals surface area contributed by atoms with Crippen LogP contribution in [-0.2, 0) is 14.8 Å². The van der Waals surface area contributed by atoms with Gasteiger partial charge in [-0.1, -0.05) is 11.6 Å². The van der Waals surface area contributed by atoms with Gasteiger partial charge < -0.3 is 16.2 Å². The highest BCUT2D eigenvalue weighted by molar-refractivity contribution is 7.89. The van der Waals surface area contributed by atoms with Crippen LogP contribution in [0.4, 0.5) is 4.79 Å². The Labute approximate surface area is 132 Å². The summed E-state index contributed by atoms with van der Waals surface area (Å²) in [5.41, 5.74) is 4.87. The summed E-state index contributed by atoms with van der Waals surface area (Å²) in [6.45, 7) is 0.155. The molecule has 0 saturated heterocycles. The second-order valence-corrected chi connectivity index (χ2v) is 6.55. The number of hydrogen-bond acceptors (Lipinski definition) is 4. The third-order valence-electron chi connectivity index (χ3n) is 2.69. The SMILES string of the molecule is NC(=O)NCCC[C@H](NS(=O)(=O)c1ccc(Cl)cc1)C(=O)O. The monoisotopic (exact) mass is 349 g/mol. The maximum Gasteiger partial charge on any atom is 0.321 e. The van der Waals surface area contributed by atoms with Crippen molar-refractivity contribution in [1.82, 2.24) is 10.0 Å². The van der Waals surface area contributed by atoms with Gasteiger partial charge in [-0.05, 0) is 37.1 Å². The lowest BCUT2D eigenvalue weighted by molar-refractivity contribution is -0.139. The Balaban J connectivity index is 2.71. The number of nitrogens with one attached hydrogen (secondary N) is 2. The van der Waals surface area contributed by atoms with Gasteiger partial charge in [0.2, 0.25) is 10.0 Å². The minimum atomic E-state index is -3.98. The zero-order valence-electron chi connectivity index (χ0n) is 11.5. The van der Waals surface area contributed by atoms with Crippen LogP contribution in [-0.4, -0.2) is 38.1 Å². The summed E-state index contributed by atoms with van der Waals surface area (Å²) >= 11 is 5.67. The average Bonchev–Trinajstić information content (AvgIpc) is 2.42. The van der Waals surface area contributed by atoms with Gasteiger partial charge in [0.05, 0.1) is 4.90 Å². The number of primary amides is 1. The lowest BCUT2D eigenvalue weighted by Crippen LogP contribution is -2.41. The molecule has 10 heteroatoms. The van der Waals surface area contributed by atoms with Gasteiger partial charge in [0.15, 0.2) is 0 Å². The van der Waals surface area contributed by atoms with E-state index in [0.29, 0.717) is 5.02 Å². The van der Waals surface area contributed by atoms with E-state index >= 15 is 0 Å². The van der Waals surface area contributed by atoms with E-state index < -0.39 is 28.1 Å². The van der Waals surface area contributed by atoms with E-state index in [1.54, 1.807) is 0 Å². The number of rotatable bonds is 8. The molecule has 1 atom stereocenters. The van der Waals surface area contributed by atoms with Crippen LogP contribution in [0.2, 0.25) is 5.02 Å². The maximum absolute atomic E-state index is 12.1. The highest BCUT2D eigenvalue weighted by atomic mass is 35.5. The summed E-state index contributed by atoms with van der Waals surface area (Å²) in [4.78, 5) is 21.5. The smallest absolute Gasteiger partial charge is 0.321 e. The molecule has 0 spiro atoms. The van der Waals surface area contributed by atoms with E-state index in [1.165, 1.54) is 24.3 Å². The van der Waals surface area contributed by atoms with Crippen LogP contribution in [0, 0.1) is 0 Å². The summed E-state index contributed by atoms with van der Waals surface area (Å²) in [5, 5.41) is 11.7. The molecule has 0 aliphatic rings. The van der Waals surface area contributed by atoms with Crippen molar-refractivity contribution in [3.05, 3.63) is 29.3 Å². The van der Waals surface area contributed by atoms with Gasteiger partial charge in [-0.15, -0.1) is 0 Å². The predicted molar refractivity (Wildman–Crippen MR) is 80.0 cm³/mol. The van der Waals surface area contributed by atoms with Gasteiger partial charge in [0.1, 0.15) is 6.04 Å². The number of nitrogens with two attached hydrogens (primary N) is 1. The standard InChI is InChI=1S/C12H16ClN3O5S/c13-8-3-5-9(6-4-8)22(20,21)16-10(11(17)18)2-1-7-15-12(14)19/h3-6,10,16H,1-2,7H2,(H,17,18)(H3,14,15,19)/t10-/m0/s1. The number of aliphatic carboxylic acids is 1. The van der Waals surface area contributed by atoms with Crippen molar-refractivity contribution in [1.29, 1.82) is 0 Å². The Morgan fingerprint density at radius 1 is 1.27 bits per heavy atom. The van der Waals surface area contributed by atoms with E-state index in [2.05, 4.69) is 10.0 Å². The molecule has 0 aliphatic carbocycles. The summed E-state index contributed by atoms with van der Waals surface area (Å²) in [5.74, 6) is -1.31. The molecule has 8 nitrogen and oxygen atoms in total. The number of carbonyl (C=O) groups is 2. The molecule has 0 aliphatic heterocycles. The first-order chi connectivity index (χ1) is 10.2. The van der Waals surface area contributed by atoms with Crippen LogP contribution in [0.1, 0.15) is 12.8 Å². The van der Waals surface area contributed by atoms with Crippen molar-refractivity contribution in [2.45, 2.75) is 23.8 Å². The van der Waals surface area contributed by atoms with Crippen LogP contribution in [0.25, 0.3) is 0 Å². The molecule has 1 aromatic carbocycles. The largest absolute Gasteiger partial charge is 0.480 e. The number of carboxylic acid groups (broad SMARTS) is 1.